The van der Waals surface area contributed by atoms with E-state index in [4.69, 9.17) is 11.6 Å². The molecule has 0 bridgehead atoms. The van der Waals surface area contributed by atoms with Crippen LogP contribution in [0.4, 0.5) is 45.3 Å². The molecule has 0 spiro atoms. The Morgan fingerprint density at radius 1 is 1.13 bits per heavy atom. The molecule has 0 aliphatic heterocycles. The van der Waals surface area contributed by atoms with Crippen LogP contribution in [-0.4, -0.2) is 34.3 Å². The van der Waals surface area contributed by atoms with E-state index in [1.165, 1.54) is 6.92 Å². The molecule has 2 aromatic rings. The van der Waals surface area contributed by atoms with Gasteiger partial charge in [0.05, 0.1) is 33.7 Å². The summed E-state index contributed by atoms with van der Waals surface area (Å²) >= 11 is 5.28. The summed E-state index contributed by atoms with van der Waals surface area (Å²) in [7, 11) is 0. The number of thioether (sulfide) groups is 1. The van der Waals surface area contributed by atoms with Gasteiger partial charge in [0.15, 0.2) is 0 Å². The fourth-order valence-corrected chi connectivity index (χ4v) is 3.20. The lowest BCUT2D eigenvalue weighted by atomic mass is 10.1. The number of alkyl halides is 9. The van der Waals surface area contributed by atoms with Crippen LogP contribution in [-0.2, 0) is 6.18 Å². The van der Waals surface area contributed by atoms with E-state index in [9.17, 15) is 39.5 Å². The van der Waals surface area contributed by atoms with Crippen molar-refractivity contribution in [3.05, 3.63) is 34.5 Å². The summed E-state index contributed by atoms with van der Waals surface area (Å²) in [5.41, 5.74) is -6.14. The average molecular weight is 485 g/mol. The van der Waals surface area contributed by atoms with Crippen molar-refractivity contribution < 1.29 is 39.5 Å². The number of aliphatic imine (C=N–C) groups is 1. The molecule has 0 unspecified atom stereocenters. The maximum absolute atomic E-state index is 12.9. The van der Waals surface area contributed by atoms with Crippen LogP contribution in [0.5, 0.6) is 0 Å². The zero-order valence-electron chi connectivity index (χ0n) is 14.5. The number of nitrogens with zero attached hydrogens (tertiary/aromatic N) is 3. The minimum atomic E-state index is -4.77. The molecule has 0 fully saturated rings. The van der Waals surface area contributed by atoms with Gasteiger partial charge in [0, 0.05) is 0 Å². The van der Waals surface area contributed by atoms with Gasteiger partial charge in [0.1, 0.15) is 12.4 Å². The topological polar surface area (TPSA) is 42.2 Å². The van der Waals surface area contributed by atoms with Gasteiger partial charge in [-0.15, -0.1) is 0 Å². The molecule has 1 aromatic heterocycles. The van der Waals surface area contributed by atoms with Gasteiger partial charge in [-0.1, -0.05) is 11.6 Å². The zero-order chi connectivity index (χ0) is 22.9. The second kappa shape index (κ2) is 8.57. The van der Waals surface area contributed by atoms with Crippen molar-refractivity contribution in [1.29, 1.82) is 0 Å². The van der Waals surface area contributed by atoms with Crippen molar-refractivity contribution >= 4 is 35.5 Å². The van der Waals surface area contributed by atoms with Crippen LogP contribution in [0.3, 0.4) is 0 Å². The van der Waals surface area contributed by atoms with Crippen LogP contribution in [0.25, 0.3) is 5.69 Å². The van der Waals surface area contributed by atoms with Crippen LogP contribution >= 0.6 is 23.4 Å². The van der Waals surface area contributed by atoms with Gasteiger partial charge >= 0.3 is 17.9 Å². The first-order chi connectivity index (χ1) is 13.6. The van der Waals surface area contributed by atoms with Gasteiger partial charge in [0.2, 0.25) is 0 Å². The number of aromatic nitrogens is 2. The second-order valence-corrected chi connectivity index (χ2v) is 7.18. The monoisotopic (exact) mass is 484 g/mol. The number of anilines is 1. The largest absolute Gasteiger partial charge is 0.446 e. The van der Waals surface area contributed by atoms with E-state index in [-0.39, 0.29) is 11.3 Å². The zero-order valence-corrected chi connectivity index (χ0v) is 16.1. The van der Waals surface area contributed by atoms with E-state index >= 15 is 0 Å². The number of hydrogen-bond acceptors (Lipinski definition) is 3. The average Bonchev–Trinajstić information content (AvgIpc) is 2.89. The Balaban J connectivity index is 2.52. The molecule has 0 aliphatic rings. The number of benzene rings is 1. The summed E-state index contributed by atoms with van der Waals surface area (Å²) in [6, 6.07) is 1.27. The third-order valence-corrected chi connectivity index (χ3v) is 4.36. The van der Waals surface area contributed by atoms with Crippen molar-refractivity contribution in [1.82, 2.24) is 9.78 Å². The second-order valence-electron chi connectivity index (χ2n) is 5.67. The van der Waals surface area contributed by atoms with Crippen molar-refractivity contribution in [3.63, 3.8) is 0 Å². The van der Waals surface area contributed by atoms with E-state index in [1.54, 1.807) is 0 Å². The highest BCUT2D eigenvalue weighted by Crippen LogP contribution is 2.42. The maximum Gasteiger partial charge on any atom is 0.446 e. The van der Waals surface area contributed by atoms with Crippen molar-refractivity contribution in [3.8, 4) is 5.69 Å². The maximum atomic E-state index is 12.9. The minimum Gasteiger partial charge on any atom is -0.330 e. The Morgan fingerprint density at radius 3 is 2.27 bits per heavy atom. The Kier molecular flexibility index (Phi) is 6.91. The van der Waals surface area contributed by atoms with Crippen LogP contribution in [0.1, 0.15) is 11.1 Å². The summed E-state index contributed by atoms with van der Waals surface area (Å²) in [6.07, 6.45) is -8.12. The molecule has 0 radical (unpaired) electrons. The molecule has 0 amide bonds. The molecule has 1 N–H and O–H groups in total. The van der Waals surface area contributed by atoms with Crippen molar-refractivity contribution in [2.75, 3.05) is 11.9 Å². The van der Waals surface area contributed by atoms with E-state index in [2.05, 4.69) is 15.4 Å². The first-order valence-electron chi connectivity index (χ1n) is 7.61. The molecular formula is C15H10ClF9N4S. The summed E-state index contributed by atoms with van der Waals surface area (Å²) in [6.45, 7) is -0.383. The first-order valence-corrected chi connectivity index (χ1v) is 8.81. The highest BCUT2D eigenvalue weighted by Gasteiger charge is 2.34. The van der Waals surface area contributed by atoms with Gasteiger partial charge in [-0.2, -0.15) is 44.6 Å². The molecule has 30 heavy (non-hydrogen) atoms. The smallest absolute Gasteiger partial charge is 0.330 e. The van der Waals surface area contributed by atoms with Gasteiger partial charge in [-0.05, 0) is 36.4 Å². The minimum absolute atomic E-state index is 0.0863. The summed E-state index contributed by atoms with van der Waals surface area (Å²) in [5, 5.41) is 5.38. The van der Waals surface area contributed by atoms with Crippen molar-refractivity contribution in [2.24, 2.45) is 4.99 Å². The quantitative estimate of drug-likeness (QED) is 0.229. The van der Waals surface area contributed by atoms with E-state index < -0.39 is 57.5 Å². The standard InChI is InChI=1S/C15H10ClF9N4S/c1-7-2-8(14(20,21)22)3-9(16)11(7)29-12(27-6-26-5-13(17,18)19)10(4-28-29)30-15(23,24)25/h2-4,6H,5H2,1H3,(H,26,27). The normalized spacial score (nSPS) is 13.3. The predicted octanol–water partition coefficient (Wildman–Crippen LogP) is 6.47. The molecule has 2 rings (SSSR count). The molecule has 0 atom stereocenters. The molecule has 0 aliphatic carbocycles. The van der Waals surface area contributed by atoms with Crippen molar-refractivity contribution in [2.45, 2.75) is 29.7 Å². The fourth-order valence-electron chi connectivity index (χ4n) is 2.26. The molecule has 4 nitrogen and oxygen atoms in total. The Morgan fingerprint density at radius 2 is 1.77 bits per heavy atom. The van der Waals surface area contributed by atoms with Crippen LogP contribution in [0.15, 0.2) is 28.2 Å². The Bertz CT molecular complexity index is 909. The number of halogens is 10. The molecule has 1 heterocycles. The fraction of sp³-hybridized carbons (Fsp3) is 0.333. The summed E-state index contributed by atoms with van der Waals surface area (Å²) < 4.78 is 114. The van der Waals surface area contributed by atoms with Crippen LogP contribution < -0.4 is 5.32 Å². The van der Waals surface area contributed by atoms with Crippen LogP contribution in [0.2, 0.25) is 5.02 Å². The van der Waals surface area contributed by atoms with Gasteiger partial charge in [0.25, 0.3) is 0 Å². The third kappa shape index (κ3) is 6.45. The summed E-state index contributed by atoms with van der Waals surface area (Å²) in [4.78, 5) is 2.45. The lowest BCUT2D eigenvalue weighted by molar-refractivity contribution is -0.137. The number of rotatable bonds is 5. The van der Waals surface area contributed by atoms with Gasteiger partial charge in [-0.25, -0.2) is 4.68 Å². The molecule has 166 valence electrons. The molecule has 0 saturated carbocycles. The Labute approximate surface area is 172 Å². The summed E-state index contributed by atoms with van der Waals surface area (Å²) in [5.74, 6) is -0.479. The lowest BCUT2D eigenvalue weighted by Gasteiger charge is -2.16. The number of nitrogens with one attached hydrogen (secondary N) is 1. The molecule has 1 aromatic carbocycles. The first kappa shape index (κ1) is 24.2. The number of aryl methyl sites for hydroxylation is 1. The van der Waals surface area contributed by atoms with E-state index in [0.717, 1.165) is 10.9 Å². The Hall–Kier alpha value is -2.09. The number of hydrogen-bond donors (Lipinski definition) is 1. The van der Waals surface area contributed by atoms with E-state index in [1.807, 2.05) is 0 Å². The van der Waals surface area contributed by atoms with Gasteiger partial charge < -0.3 is 5.32 Å². The predicted molar refractivity (Wildman–Crippen MR) is 93.3 cm³/mol. The molecule has 15 heteroatoms. The van der Waals surface area contributed by atoms with E-state index in [0.29, 0.717) is 18.5 Å². The molecule has 0 saturated heterocycles. The highest BCUT2D eigenvalue weighted by atomic mass is 35.5. The third-order valence-electron chi connectivity index (χ3n) is 3.32. The lowest BCUT2D eigenvalue weighted by Crippen LogP contribution is -2.14. The van der Waals surface area contributed by atoms with Crippen LogP contribution in [0, 0.1) is 6.92 Å². The van der Waals surface area contributed by atoms with Gasteiger partial charge in [-0.3, -0.25) is 4.99 Å². The SMILES string of the molecule is Cc1cc(C(F)(F)F)cc(Cl)c1-n1ncc(SC(F)(F)F)c1NC=NCC(F)(F)F. The molecular weight excluding hydrogens is 475 g/mol. The highest BCUT2D eigenvalue weighted by molar-refractivity contribution is 8.00.